The van der Waals surface area contributed by atoms with Gasteiger partial charge in [-0.3, -0.25) is 4.90 Å². The summed E-state index contributed by atoms with van der Waals surface area (Å²) in [6.45, 7) is 8.50. The van der Waals surface area contributed by atoms with Crippen LogP contribution in [0.3, 0.4) is 0 Å². The van der Waals surface area contributed by atoms with Gasteiger partial charge in [0.25, 0.3) is 0 Å². The van der Waals surface area contributed by atoms with E-state index >= 15 is 0 Å². The van der Waals surface area contributed by atoms with Gasteiger partial charge < -0.3 is 15.5 Å². The lowest BCUT2D eigenvalue weighted by Gasteiger charge is -2.51. The van der Waals surface area contributed by atoms with E-state index in [0.717, 1.165) is 45.6 Å². The van der Waals surface area contributed by atoms with Crippen LogP contribution in [-0.4, -0.2) is 67.7 Å². The standard InChI is InChI=1S/C13H26N4O/c1-3-7-17-10-6-15-11-13(17)4-8-16(9-5-13)12(18)14-2/h15H,3-11H2,1-2H3,(H,14,18). The number of hydrogen-bond donors (Lipinski definition) is 2. The summed E-state index contributed by atoms with van der Waals surface area (Å²) in [5, 5.41) is 6.25. The number of urea groups is 1. The number of piperazine rings is 1. The average Bonchev–Trinajstić information content (AvgIpc) is 2.42. The van der Waals surface area contributed by atoms with Gasteiger partial charge in [0, 0.05) is 45.3 Å². The van der Waals surface area contributed by atoms with E-state index in [0.29, 0.717) is 5.54 Å². The number of carbonyl (C=O) groups is 1. The molecule has 2 aliphatic rings. The SMILES string of the molecule is CCCN1CCNCC12CCN(C(=O)NC)CC2. The molecule has 2 N–H and O–H groups in total. The van der Waals surface area contributed by atoms with Crippen LogP contribution in [0.4, 0.5) is 4.79 Å². The second-order valence-corrected chi connectivity index (χ2v) is 5.43. The number of rotatable bonds is 2. The van der Waals surface area contributed by atoms with Crippen LogP contribution in [0, 0.1) is 0 Å². The highest BCUT2D eigenvalue weighted by atomic mass is 16.2. The van der Waals surface area contributed by atoms with Gasteiger partial charge in [-0.1, -0.05) is 6.92 Å². The third-order valence-electron chi connectivity index (χ3n) is 4.37. The van der Waals surface area contributed by atoms with E-state index in [4.69, 9.17) is 0 Å². The highest BCUT2D eigenvalue weighted by Gasteiger charge is 2.41. The van der Waals surface area contributed by atoms with E-state index in [1.165, 1.54) is 13.0 Å². The van der Waals surface area contributed by atoms with Crippen molar-refractivity contribution in [1.29, 1.82) is 0 Å². The molecule has 0 radical (unpaired) electrons. The molecule has 104 valence electrons. The van der Waals surface area contributed by atoms with E-state index in [1.807, 2.05) is 4.90 Å². The number of likely N-dealkylation sites (tertiary alicyclic amines) is 1. The summed E-state index contributed by atoms with van der Waals surface area (Å²) in [7, 11) is 1.71. The van der Waals surface area contributed by atoms with Crippen LogP contribution in [0.15, 0.2) is 0 Å². The minimum Gasteiger partial charge on any atom is -0.341 e. The van der Waals surface area contributed by atoms with Crippen LogP contribution in [0.1, 0.15) is 26.2 Å². The van der Waals surface area contributed by atoms with Gasteiger partial charge in [0.05, 0.1) is 0 Å². The third kappa shape index (κ3) is 2.62. The fourth-order valence-electron chi connectivity index (χ4n) is 3.28. The highest BCUT2D eigenvalue weighted by Crippen LogP contribution is 2.30. The molecular weight excluding hydrogens is 228 g/mol. The average molecular weight is 254 g/mol. The van der Waals surface area contributed by atoms with Gasteiger partial charge >= 0.3 is 6.03 Å². The lowest BCUT2D eigenvalue weighted by molar-refractivity contribution is 0.0118. The molecule has 0 unspecified atom stereocenters. The Morgan fingerprint density at radius 2 is 2.06 bits per heavy atom. The molecule has 2 heterocycles. The largest absolute Gasteiger partial charge is 0.341 e. The molecule has 0 aliphatic carbocycles. The monoisotopic (exact) mass is 254 g/mol. The summed E-state index contributed by atoms with van der Waals surface area (Å²) in [6, 6.07) is 0.0654. The van der Waals surface area contributed by atoms with E-state index in [9.17, 15) is 4.79 Å². The second kappa shape index (κ2) is 5.89. The summed E-state index contributed by atoms with van der Waals surface area (Å²) in [4.78, 5) is 16.2. The smallest absolute Gasteiger partial charge is 0.317 e. The topological polar surface area (TPSA) is 47.6 Å². The zero-order valence-corrected chi connectivity index (χ0v) is 11.7. The molecule has 0 aromatic rings. The van der Waals surface area contributed by atoms with Gasteiger partial charge in [0.15, 0.2) is 0 Å². The molecule has 0 saturated carbocycles. The highest BCUT2D eigenvalue weighted by molar-refractivity contribution is 5.73. The summed E-state index contributed by atoms with van der Waals surface area (Å²) in [5.41, 5.74) is 0.290. The number of nitrogens with zero attached hydrogens (tertiary/aromatic N) is 2. The van der Waals surface area contributed by atoms with Crippen LogP contribution in [0.25, 0.3) is 0 Å². The molecular formula is C13H26N4O. The molecule has 0 aromatic carbocycles. The van der Waals surface area contributed by atoms with E-state index in [1.54, 1.807) is 7.05 Å². The summed E-state index contributed by atoms with van der Waals surface area (Å²) >= 11 is 0. The number of nitrogens with one attached hydrogen (secondary N) is 2. The number of piperidine rings is 1. The first kappa shape index (κ1) is 13.6. The van der Waals surface area contributed by atoms with Gasteiger partial charge in [-0.2, -0.15) is 0 Å². The maximum atomic E-state index is 11.6. The summed E-state index contributed by atoms with van der Waals surface area (Å²) in [5.74, 6) is 0. The van der Waals surface area contributed by atoms with Crippen LogP contribution in [0.5, 0.6) is 0 Å². The molecule has 2 amide bonds. The first-order valence-corrected chi connectivity index (χ1v) is 7.14. The minimum absolute atomic E-state index is 0.0654. The normalized spacial score (nSPS) is 24.2. The van der Waals surface area contributed by atoms with Crippen molar-refractivity contribution in [2.24, 2.45) is 0 Å². The number of amides is 2. The quantitative estimate of drug-likeness (QED) is 0.753. The lowest BCUT2D eigenvalue weighted by Crippen LogP contribution is -2.65. The predicted molar refractivity (Wildman–Crippen MR) is 72.7 cm³/mol. The number of carbonyl (C=O) groups excluding carboxylic acids is 1. The molecule has 2 rings (SSSR count). The molecule has 0 aromatic heterocycles. The maximum Gasteiger partial charge on any atom is 0.317 e. The predicted octanol–water partition coefficient (Wildman–Crippen LogP) is 0.476. The Bertz CT molecular complexity index is 285. The van der Waals surface area contributed by atoms with Crippen molar-refractivity contribution in [3.8, 4) is 0 Å². The molecule has 18 heavy (non-hydrogen) atoms. The molecule has 2 fully saturated rings. The van der Waals surface area contributed by atoms with Crippen molar-refractivity contribution in [1.82, 2.24) is 20.4 Å². The van der Waals surface area contributed by atoms with Gasteiger partial charge in [0.2, 0.25) is 0 Å². The van der Waals surface area contributed by atoms with Crippen LogP contribution >= 0.6 is 0 Å². The van der Waals surface area contributed by atoms with Crippen molar-refractivity contribution in [3.63, 3.8) is 0 Å². The molecule has 0 atom stereocenters. The summed E-state index contributed by atoms with van der Waals surface area (Å²) in [6.07, 6.45) is 3.39. The van der Waals surface area contributed by atoms with Crippen LogP contribution in [-0.2, 0) is 0 Å². The zero-order valence-electron chi connectivity index (χ0n) is 11.7. The lowest BCUT2D eigenvalue weighted by atomic mass is 9.84. The summed E-state index contributed by atoms with van der Waals surface area (Å²) < 4.78 is 0. The van der Waals surface area contributed by atoms with Crippen molar-refractivity contribution in [2.45, 2.75) is 31.7 Å². The first-order chi connectivity index (χ1) is 8.72. The molecule has 5 nitrogen and oxygen atoms in total. The zero-order chi connectivity index (χ0) is 13.0. The molecule has 0 bridgehead atoms. The van der Waals surface area contributed by atoms with Crippen LogP contribution in [0.2, 0.25) is 0 Å². The van der Waals surface area contributed by atoms with Gasteiger partial charge in [-0.05, 0) is 25.8 Å². The Balaban J connectivity index is 1.97. The number of hydrogen-bond acceptors (Lipinski definition) is 3. The maximum absolute atomic E-state index is 11.6. The first-order valence-electron chi connectivity index (χ1n) is 7.14. The van der Waals surface area contributed by atoms with Gasteiger partial charge in [0.1, 0.15) is 0 Å². The minimum atomic E-state index is 0.0654. The Labute approximate surface area is 110 Å². The van der Waals surface area contributed by atoms with Crippen molar-refractivity contribution in [3.05, 3.63) is 0 Å². The third-order valence-corrected chi connectivity index (χ3v) is 4.37. The van der Waals surface area contributed by atoms with E-state index in [2.05, 4.69) is 22.5 Å². The fourth-order valence-corrected chi connectivity index (χ4v) is 3.28. The van der Waals surface area contributed by atoms with E-state index < -0.39 is 0 Å². The Morgan fingerprint density at radius 3 is 2.67 bits per heavy atom. The molecule has 1 spiro atoms. The fraction of sp³-hybridized carbons (Fsp3) is 0.923. The van der Waals surface area contributed by atoms with Crippen molar-refractivity contribution >= 4 is 6.03 Å². The van der Waals surface area contributed by atoms with Gasteiger partial charge in [-0.15, -0.1) is 0 Å². The van der Waals surface area contributed by atoms with Crippen LogP contribution < -0.4 is 10.6 Å². The Hall–Kier alpha value is -0.810. The van der Waals surface area contributed by atoms with Crippen molar-refractivity contribution < 1.29 is 4.79 Å². The second-order valence-electron chi connectivity index (χ2n) is 5.43. The van der Waals surface area contributed by atoms with E-state index in [-0.39, 0.29) is 6.03 Å². The Kier molecular flexibility index (Phi) is 4.45. The molecule has 5 heteroatoms. The molecule has 2 saturated heterocycles. The molecule has 2 aliphatic heterocycles. The Morgan fingerprint density at radius 1 is 1.33 bits per heavy atom. The van der Waals surface area contributed by atoms with Gasteiger partial charge in [-0.25, -0.2) is 4.79 Å². The van der Waals surface area contributed by atoms with Crippen molar-refractivity contribution in [2.75, 3.05) is 46.3 Å².